The molecular weight excluding hydrogens is 344 g/mol. The Morgan fingerprint density at radius 3 is 2.37 bits per heavy atom. The number of para-hydroxylation sites is 2. The third kappa shape index (κ3) is 4.03. The number of nitrogens with zero attached hydrogens (tertiary/aromatic N) is 3. The van der Waals surface area contributed by atoms with E-state index in [-0.39, 0.29) is 25.4 Å². The molecule has 1 aromatic carbocycles. The van der Waals surface area contributed by atoms with Gasteiger partial charge < -0.3 is 9.88 Å². The zero-order chi connectivity index (χ0) is 19.2. The zero-order valence-corrected chi connectivity index (χ0v) is 14.8. The maximum atomic E-state index is 12.5. The summed E-state index contributed by atoms with van der Waals surface area (Å²) in [4.78, 5) is 41.2. The maximum absolute atomic E-state index is 12.5. The molecule has 1 amide bonds. The van der Waals surface area contributed by atoms with E-state index in [4.69, 9.17) is 0 Å². The number of hydrogen-bond acceptors (Lipinski definition) is 4. The van der Waals surface area contributed by atoms with Gasteiger partial charge in [-0.25, -0.2) is 0 Å². The van der Waals surface area contributed by atoms with E-state index in [1.807, 2.05) is 12.1 Å². The Balaban J connectivity index is 1.81. The first kappa shape index (κ1) is 18.3. The maximum Gasteiger partial charge on any atom is 0.317 e. The second kappa shape index (κ2) is 8.27. The summed E-state index contributed by atoms with van der Waals surface area (Å²) in [6.07, 6.45) is 3.32. The van der Waals surface area contributed by atoms with Crippen molar-refractivity contribution in [2.75, 3.05) is 0 Å². The van der Waals surface area contributed by atoms with Crippen LogP contribution >= 0.6 is 0 Å². The van der Waals surface area contributed by atoms with Gasteiger partial charge >= 0.3 is 11.1 Å². The van der Waals surface area contributed by atoms with Gasteiger partial charge in [0.15, 0.2) is 0 Å². The van der Waals surface area contributed by atoms with E-state index in [1.165, 1.54) is 9.13 Å². The van der Waals surface area contributed by atoms with E-state index in [2.05, 4.69) is 16.9 Å². The Morgan fingerprint density at radius 1 is 1.04 bits per heavy atom. The van der Waals surface area contributed by atoms with Crippen LogP contribution in [0.3, 0.4) is 0 Å². The van der Waals surface area contributed by atoms with Crippen molar-refractivity contribution in [3.8, 4) is 0 Å². The van der Waals surface area contributed by atoms with E-state index in [1.54, 1.807) is 42.6 Å². The van der Waals surface area contributed by atoms with Gasteiger partial charge in [-0.2, -0.15) is 0 Å². The molecule has 0 spiro atoms. The first-order valence-electron chi connectivity index (χ1n) is 8.61. The van der Waals surface area contributed by atoms with Crippen LogP contribution in [0.15, 0.2) is 70.9 Å². The number of allylic oxidation sites excluding steroid dienone is 1. The topological polar surface area (TPSA) is 86.0 Å². The zero-order valence-electron chi connectivity index (χ0n) is 14.8. The number of aryl methyl sites for hydroxylation is 1. The largest absolute Gasteiger partial charge is 0.350 e. The predicted octanol–water partition coefficient (Wildman–Crippen LogP) is 1.45. The number of hydrogen-bond donors (Lipinski definition) is 1. The Kier molecular flexibility index (Phi) is 5.61. The first-order chi connectivity index (χ1) is 13.1. The highest BCUT2D eigenvalue weighted by Gasteiger charge is 2.13. The van der Waals surface area contributed by atoms with Crippen LogP contribution in [0.1, 0.15) is 12.1 Å². The molecule has 7 nitrogen and oxygen atoms in total. The monoisotopic (exact) mass is 364 g/mol. The Labute approximate surface area is 155 Å². The molecule has 0 bridgehead atoms. The van der Waals surface area contributed by atoms with Gasteiger partial charge in [0.05, 0.1) is 23.3 Å². The molecule has 27 heavy (non-hydrogen) atoms. The fourth-order valence-corrected chi connectivity index (χ4v) is 2.90. The molecule has 7 heteroatoms. The summed E-state index contributed by atoms with van der Waals surface area (Å²) in [6.45, 7) is 4.32. The molecular formula is C20H20N4O3. The minimum Gasteiger partial charge on any atom is -0.350 e. The molecule has 0 saturated heterocycles. The van der Waals surface area contributed by atoms with Gasteiger partial charge in [0.25, 0.3) is 0 Å². The lowest BCUT2D eigenvalue weighted by Crippen LogP contribution is -2.42. The summed E-state index contributed by atoms with van der Waals surface area (Å²) < 4.78 is 2.75. The smallest absolute Gasteiger partial charge is 0.317 e. The van der Waals surface area contributed by atoms with Crippen molar-refractivity contribution >= 4 is 16.9 Å². The molecule has 0 radical (unpaired) electrons. The Morgan fingerprint density at radius 2 is 1.70 bits per heavy atom. The van der Waals surface area contributed by atoms with E-state index in [0.29, 0.717) is 17.6 Å². The fourth-order valence-electron chi connectivity index (χ4n) is 2.90. The SMILES string of the molecule is C=CCn1c(=O)c(=O)n(CCC(=O)NCc2ccccn2)c2ccccc21. The Hall–Kier alpha value is -3.48. The standard InChI is InChI=1S/C20H20N4O3/c1-2-12-23-16-8-3-4-9-17(16)24(20(27)19(23)26)13-10-18(25)22-14-15-7-5-6-11-21-15/h2-9,11H,1,10,12-14H2,(H,22,25). The van der Waals surface area contributed by atoms with Crippen molar-refractivity contribution in [3.05, 3.63) is 87.7 Å². The van der Waals surface area contributed by atoms with Gasteiger partial charge in [0, 0.05) is 25.7 Å². The second-order valence-electron chi connectivity index (χ2n) is 6.00. The van der Waals surface area contributed by atoms with Crippen LogP contribution < -0.4 is 16.4 Å². The number of fused-ring (bicyclic) bond motifs is 1. The molecule has 0 atom stereocenters. The lowest BCUT2D eigenvalue weighted by molar-refractivity contribution is -0.121. The molecule has 2 heterocycles. The summed E-state index contributed by atoms with van der Waals surface area (Å²) in [6, 6.07) is 12.6. The van der Waals surface area contributed by atoms with Gasteiger partial charge in [-0.1, -0.05) is 24.3 Å². The summed E-state index contributed by atoms with van der Waals surface area (Å²) in [7, 11) is 0. The van der Waals surface area contributed by atoms with Crippen molar-refractivity contribution in [2.24, 2.45) is 0 Å². The minimum absolute atomic E-state index is 0.0850. The number of amides is 1. The van der Waals surface area contributed by atoms with Crippen LogP contribution in [0.2, 0.25) is 0 Å². The van der Waals surface area contributed by atoms with Crippen LogP contribution in [0, 0.1) is 0 Å². The van der Waals surface area contributed by atoms with Crippen LogP contribution in [0.25, 0.3) is 11.0 Å². The molecule has 0 saturated carbocycles. The minimum atomic E-state index is -0.645. The molecule has 0 aliphatic rings. The van der Waals surface area contributed by atoms with E-state index in [9.17, 15) is 14.4 Å². The summed E-state index contributed by atoms with van der Waals surface area (Å²) >= 11 is 0. The number of aromatic nitrogens is 3. The second-order valence-corrected chi connectivity index (χ2v) is 6.00. The van der Waals surface area contributed by atoms with Crippen LogP contribution in [-0.4, -0.2) is 20.0 Å². The van der Waals surface area contributed by atoms with E-state index >= 15 is 0 Å². The highest BCUT2D eigenvalue weighted by molar-refractivity contribution is 5.77. The number of benzene rings is 1. The summed E-state index contributed by atoms with van der Waals surface area (Å²) in [5.41, 5.74) is 0.730. The number of rotatable bonds is 7. The predicted molar refractivity (Wildman–Crippen MR) is 103 cm³/mol. The van der Waals surface area contributed by atoms with Gasteiger partial charge in [0.2, 0.25) is 5.91 Å². The number of pyridine rings is 1. The molecule has 0 aliphatic carbocycles. The third-order valence-corrected chi connectivity index (χ3v) is 4.20. The molecule has 2 aromatic heterocycles. The molecule has 1 N–H and O–H groups in total. The van der Waals surface area contributed by atoms with Crippen molar-refractivity contribution in [1.82, 2.24) is 19.4 Å². The third-order valence-electron chi connectivity index (χ3n) is 4.20. The van der Waals surface area contributed by atoms with Crippen molar-refractivity contribution in [2.45, 2.75) is 26.1 Å². The molecule has 0 unspecified atom stereocenters. The van der Waals surface area contributed by atoms with Crippen molar-refractivity contribution < 1.29 is 4.79 Å². The van der Waals surface area contributed by atoms with Gasteiger partial charge in [-0.3, -0.25) is 23.9 Å². The van der Waals surface area contributed by atoms with Crippen molar-refractivity contribution in [3.63, 3.8) is 0 Å². The van der Waals surface area contributed by atoms with Crippen LogP contribution in [0.4, 0.5) is 0 Å². The van der Waals surface area contributed by atoms with Crippen LogP contribution in [-0.2, 0) is 24.4 Å². The quantitative estimate of drug-likeness (QED) is 0.508. The molecule has 138 valence electrons. The van der Waals surface area contributed by atoms with E-state index < -0.39 is 11.1 Å². The fraction of sp³-hybridized carbons (Fsp3) is 0.200. The molecule has 3 aromatic rings. The van der Waals surface area contributed by atoms with Crippen molar-refractivity contribution in [1.29, 1.82) is 0 Å². The number of nitrogens with one attached hydrogen (secondary N) is 1. The summed E-state index contributed by atoms with van der Waals surface area (Å²) in [5, 5.41) is 2.77. The van der Waals surface area contributed by atoms with Gasteiger partial charge in [-0.15, -0.1) is 6.58 Å². The van der Waals surface area contributed by atoms with Gasteiger partial charge in [0.1, 0.15) is 0 Å². The number of carbonyl (C=O) groups is 1. The molecule has 0 fully saturated rings. The summed E-state index contributed by atoms with van der Waals surface area (Å²) in [5.74, 6) is -0.216. The average molecular weight is 364 g/mol. The lowest BCUT2D eigenvalue weighted by atomic mass is 10.2. The number of carbonyl (C=O) groups excluding carboxylic acids is 1. The van der Waals surface area contributed by atoms with E-state index in [0.717, 1.165) is 5.69 Å². The highest BCUT2D eigenvalue weighted by atomic mass is 16.2. The first-order valence-corrected chi connectivity index (χ1v) is 8.61. The molecule has 0 aliphatic heterocycles. The normalized spacial score (nSPS) is 10.7. The van der Waals surface area contributed by atoms with Gasteiger partial charge in [-0.05, 0) is 24.3 Å². The Bertz CT molecular complexity index is 1080. The lowest BCUT2D eigenvalue weighted by Gasteiger charge is -2.14. The average Bonchev–Trinajstić information content (AvgIpc) is 2.70. The highest BCUT2D eigenvalue weighted by Crippen LogP contribution is 2.11. The van der Waals surface area contributed by atoms with Crippen LogP contribution in [0.5, 0.6) is 0 Å². The molecule has 3 rings (SSSR count).